The van der Waals surface area contributed by atoms with Crippen molar-refractivity contribution in [1.29, 1.82) is 0 Å². The molecule has 0 saturated carbocycles. The van der Waals surface area contributed by atoms with Crippen LogP contribution in [0.3, 0.4) is 0 Å². The summed E-state index contributed by atoms with van der Waals surface area (Å²) in [5.41, 5.74) is 0. The molecule has 0 aliphatic carbocycles. The molecule has 5 nitrogen and oxygen atoms in total. The van der Waals surface area contributed by atoms with Crippen molar-refractivity contribution in [3.8, 4) is 0 Å². The molecule has 1 aliphatic rings. The Hall–Kier alpha value is -1.22. The SMILES string of the molecule is O=S(=O)(NC1CCN(c2nccs2)C1)c1ccc(F)c(Cl)c1. The second kappa shape index (κ2) is 6.11. The summed E-state index contributed by atoms with van der Waals surface area (Å²) in [7, 11) is -3.72. The molecule has 1 saturated heterocycles. The number of rotatable bonds is 4. The fraction of sp³-hybridized carbons (Fsp3) is 0.308. The zero-order chi connectivity index (χ0) is 15.7. The predicted molar refractivity (Wildman–Crippen MR) is 84.5 cm³/mol. The van der Waals surface area contributed by atoms with Gasteiger partial charge < -0.3 is 4.90 Å². The summed E-state index contributed by atoms with van der Waals surface area (Å²) in [5, 5.41) is 2.55. The van der Waals surface area contributed by atoms with Crippen LogP contribution < -0.4 is 9.62 Å². The highest BCUT2D eigenvalue weighted by molar-refractivity contribution is 7.89. The summed E-state index contributed by atoms with van der Waals surface area (Å²) in [5.74, 6) is -0.642. The van der Waals surface area contributed by atoms with Gasteiger partial charge in [0.05, 0.1) is 9.92 Å². The lowest BCUT2D eigenvalue weighted by Crippen LogP contribution is -2.37. The van der Waals surface area contributed by atoms with E-state index < -0.39 is 15.8 Å². The molecule has 9 heteroatoms. The molecule has 1 fully saturated rings. The van der Waals surface area contributed by atoms with Crippen molar-refractivity contribution >= 4 is 38.1 Å². The van der Waals surface area contributed by atoms with Crippen LogP contribution in [0.5, 0.6) is 0 Å². The van der Waals surface area contributed by atoms with Crippen LogP contribution in [0.1, 0.15) is 6.42 Å². The van der Waals surface area contributed by atoms with E-state index in [0.717, 1.165) is 23.8 Å². The first-order valence-corrected chi connectivity index (χ1v) is 9.31. The molecule has 1 atom stereocenters. The first-order chi connectivity index (χ1) is 10.5. The fourth-order valence-electron chi connectivity index (χ4n) is 2.33. The van der Waals surface area contributed by atoms with Gasteiger partial charge in [-0.25, -0.2) is 22.5 Å². The molecule has 2 heterocycles. The minimum Gasteiger partial charge on any atom is -0.346 e. The Kier molecular flexibility index (Phi) is 4.35. The molecule has 3 rings (SSSR count). The van der Waals surface area contributed by atoms with Crippen LogP contribution in [0, 0.1) is 5.82 Å². The second-order valence-electron chi connectivity index (χ2n) is 4.94. The third-order valence-electron chi connectivity index (χ3n) is 3.40. The van der Waals surface area contributed by atoms with Crippen LogP contribution >= 0.6 is 22.9 Å². The summed E-state index contributed by atoms with van der Waals surface area (Å²) in [6, 6.07) is 3.16. The van der Waals surface area contributed by atoms with Crippen LogP contribution in [0.15, 0.2) is 34.7 Å². The smallest absolute Gasteiger partial charge is 0.240 e. The van der Waals surface area contributed by atoms with E-state index in [4.69, 9.17) is 11.6 Å². The predicted octanol–water partition coefficient (Wildman–Crippen LogP) is 2.49. The normalized spacial score (nSPS) is 18.8. The van der Waals surface area contributed by atoms with Gasteiger partial charge in [0.15, 0.2) is 5.13 Å². The van der Waals surface area contributed by atoms with Gasteiger partial charge in [0, 0.05) is 30.7 Å². The number of thiazole rings is 1. The van der Waals surface area contributed by atoms with Gasteiger partial charge in [-0.3, -0.25) is 0 Å². The minimum absolute atomic E-state index is 0.0356. The lowest BCUT2D eigenvalue weighted by atomic mass is 10.3. The van der Waals surface area contributed by atoms with Crippen molar-refractivity contribution in [2.75, 3.05) is 18.0 Å². The number of benzene rings is 1. The van der Waals surface area contributed by atoms with Crippen molar-refractivity contribution < 1.29 is 12.8 Å². The third kappa shape index (κ3) is 3.24. The van der Waals surface area contributed by atoms with Crippen molar-refractivity contribution in [3.63, 3.8) is 0 Å². The van der Waals surface area contributed by atoms with Gasteiger partial charge in [-0.15, -0.1) is 11.3 Å². The first-order valence-electron chi connectivity index (χ1n) is 6.57. The Bertz CT molecular complexity index is 768. The molecule has 1 N–H and O–H groups in total. The van der Waals surface area contributed by atoms with Crippen molar-refractivity contribution in [2.24, 2.45) is 0 Å². The number of anilines is 1. The van der Waals surface area contributed by atoms with Crippen molar-refractivity contribution in [1.82, 2.24) is 9.71 Å². The Morgan fingerprint density at radius 2 is 2.27 bits per heavy atom. The monoisotopic (exact) mass is 361 g/mol. The molecule has 0 amide bonds. The maximum Gasteiger partial charge on any atom is 0.240 e. The second-order valence-corrected chi connectivity index (χ2v) is 7.94. The fourth-order valence-corrected chi connectivity index (χ4v) is 4.55. The highest BCUT2D eigenvalue weighted by Crippen LogP contribution is 2.24. The van der Waals surface area contributed by atoms with Crippen LogP contribution in [0.4, 0.5) is 9.52 Å². The zero-order valence-corrected chi connectivity index (χ0v) is 13.8. The molecule has 22 heavy (non-hydrogen) atoms. The summed E-state index contributed by atoms with van der Waals surface area (Å²) < 4.78 is 40.4. The van der Waals surface area contributed by atoms with Crippen LogP contribution in [0.2, 0.25) is 5.02 Å². The summed E-state index contributed by atoms with van der Waals surface area (Å²) in [4.78, 5) is 6.22. The first kappa shape index (κ1) is 15.7. The number of hydrogen-bond donors (Lipinski definition) is 1. The molecular formula is C13H13ClFN3O2S2. The highest BCUT2D eigenvalue weighted by atomic mass is 35.5. The Labute approximate surface area is 136 Å². The van der Waals surface area contributed by atoms with Gasteiger partial charge >= 0.3 is 0 Å². The summed E-state index contributed by atoms with van der Waals surface area (Å²) >= 11 is 7.16. The maximum absolute atomic E-state index is 13.1. The van der Waals surface area contributed by atoms with Gasteiger partial charge in [-0.2, -0.15) is 0 Å². The highest BCUT2D eigenvalue weighted by Gasteiger charge is 2.28. The molecule has 2 aromatic rings. The Balaban J connectivity index is 1.71. The summed E-state index contributed by atoms with van der Waals surface area (Å²) in [6.07, 6.45) is 2.41. The molecule has 1 aromatic heterocycles. The number of halogens is 2. The van der Waals surface area contributed by atoms with Gasteiger partial charge in [0.25, 0.3) is 0 Å². The molecule has 0 bridgehead atoms. The quantitative estimate of drug-likeness (QED) is 0.908. The van der Waals surface area contributed by atoms with Crippen LogP contribution in [-0.4, -0.2) is 32.5 Å². The van der Waals surface area contributed by atoms with Crippen LogP contribution in [-0.2, 0) is 10.0 Å². The standard InChI is InChI=1S/C13H13ClFN3O2S2/c14-11-7-10(1-2-12(11)15)22(19,20)17-9-3-5-18(8-9)13-16-4-6-21-13/h1-2,4,6-7,9,17H,3,5,8H2. The topological polar surface area (TPSA) is 62.3 Å². The number of sulfonamides is 1. The number of nitrogens with one attached hydrogen (secondary N) is 1. The van der Waals surface area contributed by atoms with E-state index in [1.54, 1.807) is 6.20 Å². The maximum atomic E-state index is 13.1. The average molecular weight is 362 g/mol. The molecule has 1 aliphatic heterocycles. The molecule has 1 aromatic carbocycles. The lowest BCUT2D eigenvalue weighted by Gasteiger charge is -2.16. The Morgan fingerprint density at radius 3 is 2.95 bits per heavy atom. The zero-order valence-electron chi connectivity index (χ0n) is 11.4. The van der Waals surface area contributed by atoms with Gasteiger partial charge in [0.1, 0.15) is 5.82 Å². The van der Waals surface area contributed by atoms with E-state index in [0.29, 0.717) is 13.0 Å². The number of nitrogens with zero attached hydrogens (tertiary/aromatic N) is 2. The van der Waals surface area contributed by atoms with Crippen molar-refractivity contribution in [3.05, 3.63) is 40.6 Å². The number of hydrogen-bond acceptors (Lipinski definition) is 5. The van der Waals surface area contributed by atoms with Gasteiger partial charge in [0.2, 0.25) is 10.0 Å². The minimum atomic E-state index is -3.72. The van der Waals surface area contributed by atoms with E-state index in [1.165, 1.54) is 17.4 Å². The van der Waals surface area contributed by atoms with Gasteiger partial charge in [-0.05, 0) is 24.6 Å². The summed E-state index contributed by atoms with van der Waals surface area (Å²) in [6.45, 7) is 1.30. The molecule has 0 spiro atoms. The van der Waals surface area contributed by atoms with Gasteiger partial charge in [-0.1, -0.05) is 11.6 Å². The van der Waals surface area contributed by atoms with E-state index in [9.17, 15) is 12.8 Å². The van der Waals surface area contributed by atoms with E-state index >= 15 is 0 Å². The molecule has 118 valence electrons. The van der Waals surface area contributed by atoms with Crippen LogP contribution in [0.25, 0.3) is 0 Å². The molecular weight excluding hydrogens is 349 g/mol. The Morgan fingerprint density at radius 1 is 1.45 bits per heavy atom. The largest absolute Gasteiger partial charge is 0.346 e. The average Bonchev–Trinajstić information content (AvgIpc) is 3.11. The number of aromatic nitrogens is 1. The lowest BCUT2D eigenvalue weighted by molar-refractivity contribution is 0.561. The molecule has 1 unspecified atom stereocenters. The van der Waals surface area contributed by atoms with E-state index in [2.05, 4.69) is 9.71 Å². The van der Waals surface area contributed by atoms with E-state index in [-0.39, 0.29) is 16.0 Å². The van der Waals surface area contributed by atoms with Crippen molar-refractivity contribution in [2.45, 2.75) is 17.4 Å². The van der Waals surface area contributed by atoms with E-state index in [1.807, 2.05) is 10.3 Å². The third-order valence-corrected chi connectivity index (χ3v) is 6.04. The molecule has 0 radical (unpaired) electrons.